The first kappa shape index (κ1) is 24.3. The third kappa shape index (κ3) is 4.44. The first-order chi connectivity index (χ1) is 17.5. The molecule has 36 heavy (non-hydrogen) atoms. The molecule has 5 nitrogen and oxygen atoms in total. The van der Waals surface area contributed by atoms with Gasteiger partial charge in [0.15, 0.2) is 0 Å². The Hall–Kier alpha value is -3.44. The summed E-state index contributed by atoms with van der Waals surface area (Å²) < 4.78 is 0. The van der Waals surface area contributed by atoms with Crippen molar-refractivity contribution in [2.24, 2.45) is 10.9 Å². The first-order valence-corrected chi connectivity index (χ1v) is 13.1. The number of hydrogen-bond donors (Lipinski definition) is 1. The molecule has 1 N–H and O–H groups in total. The van der Waals surface area contributed by atoms with Crippen LogP contribution >= 0.6 is 0 Å². The lowest BCUT2D eigenvalue weighted by molar-refractivity contribution is -0.117. The molecule has 1 aliphatic carbocycles. The van der Waals surface area contributed by atoms with Gasteiger partial charge < -0.3 is 14.9 Å². The smallest absolute Gasteiger partial charge is 0.224 e. The summed E-state index contributed by atoms with van der Waals surface area (Å²) in [6.07, 6.45) is 0.787. The van der Waals surface area contributed by atoms with Gasteiger partial charge in [-0.25, -0.2) is 0 Å². The van der Waals surface area contributed by atoms with Crippen LogP contribution in [0.5, 0.6) is 0 Å². The Morgan fingerprint density at radius 3 is 2.28 bits per heavy atom. The molecule has 1 fully saturated rings. The topological polar surface area (TPSA) is 56.1 Å². The fourth-order valence-electron chi connectivity index (χ4n) is 6.04. The van der Waals surface area contributed by atoms with Crippen molar-refractivity contribution in [1.29, 1.82) is 0 Å². The van der Waals surface area contributed by atoms with Crippen molar-refractivity contribution in [3.63, 3.8) is 0 Å². The van der Waals surface area contributed by atoms with Crippen LogP contribution in [0.1, 0.15) is 56.7 Å². The Balaban J connectivity index is 1.62. The van der Waals surface area contributed by atoms with Crippen LogP contribution in [0.3, 0.4) is 0 Å². The summed E-state index contributed by atoms with van der Waals surface area (Å²) >= 11 is 0. The van der Waals surface area contributed by atoms with Crippen molar-refractivity contribution < 1.29 is 9.90 Å². The van der Waals surface area contributed by atoms with E-state index in [0.717, 1.165) is 47.8 Å². The normalized spacial score (nSPS) is 23.2. The van der Waals surface area contributed by atoms with Crippen molar-refractivity contribution in [1.82, 2.24) is 0 Å². The minimum Gasteiger partial charge on any atom is -0.392 e. The molecule has 0 aromatic heterocycles. The van der Waals surface area contributed by atoms with Crippen molar-refractivity contribution in [3.8, 4) is 0 Å². The van der Waals surface area contributed by atoms with E-state index in [0.29, 0.717) is 6.42 Å². The van der Waals surface area contributed by atoms with Crippen molar-refractivity contribution in [2.75, 3.05) is 22.9 Å². The standard InChI is InChI=1S/C31H35N3O2/c1-4-33(5-2)25-17-15-23(16-18-25)31-30-27(19-24(20-29(30)36)22-11-7-6-8-12-22)32-26-13-9-10-14-28(26)34(31)21(3)35/h6-18,24,29-31,36H,4-5,19-20H2,1-3H3. The lowest BCUT2D eigenvalue weighted by Crippen LogP contribution is -2.46. The number of hydrogen-bond acceptors (Lipinski definition) is 4. The number of amides is 1. The van der Waals surface area contributed by atoms with E-state index in [4.69, 9.17) is 4.99 Å². The Morgan fingerprint density at radius 2 is 1.61 bits per heavy atom. The van der Waals surface area contributed by atoms with Crippen LogP contribution in [0.25, 0.3) is 0 Å². The average molecular weight is 482 g/mol. The molecule has 5 heteroatoms. The molecule has 1 aliphatic heterocycles. The van der Waals surface area contributed by atoms with E-state index in [1.807, 2.05) is 35.2 Å². The molecule has 4 atom stereocenters. The maximum Gasteiger partial charge on any atom is 0.224 e. The van der Waals surface area contributed by atoms with Crippen LogP contribution in [0, 0.1) is 5.92 Å². The number of aliphatic hydroxyl groups is 1. The molecule has 4 unspecified atom stereocenters. The molecule has 5 rings (SSSR count). The highest BCUT2D eigenvalue weighted by Gasteiger charge is 2.45. The second-order valence-electron chi connectivity index (χ2n) is 9.83. The molecule has 2 aliphatic rings. The van der Waals surface area contributed by atoms with Crippen LogP contribution < -0.4 is 9.80 Å². The molecule has 1 amide bonds. The van der Waals surface area contributed by atoms with E-state index in [1.54, 1.807) is 6.92 Å². The molecule has 186 valence electrons. The van der Waals surface area contributed by atoms with Gasteiger partial charge in [-0.3, -0.25) is 9.79 Å². The van der Waals surface area contributed by atoms with Gasteiger partial charge in [0, 0.05) is 37.3 Å². The van der Waals surface area contributed by atoms with Crippen LogP contribution in [-0.2, 0) is 4.79 Å². The number of aliphatic imine (C=N–C) groups is 1. The summed E-state index contributed by atoms with van der Waals surface area (Å²) in [5.74, 6) is -0.132. The summed E-state index contributed by atoms with van der Waals surface area (Å²) in [4.78, 5) is 22.5. The van der Waals surface area contributed by atoms with Crippen molar-refractivity contribution in [3.05, 3.63) is 90.0 Å². The van der Waals surface area contributed by atoms with Gasteiger partial charge in [0.25, 0.3) is 0 Å². The van der Waals surface area contributed by atoms with Crippen molar-refractivity contribution >= 4 is 28.7 Å². The van der Waals surface area contributed by atoms with Gasteiger partial charge in [0.2, 0.25) is 5.91 Å². The zero-order chi connectivity index (χ0) is 25.2. The first-order valence-electron chi connectivity index (χ1n) is 13.1. The minimum atomic E-state index is -0.619. The Morgan fingerprint density at radius 1 is 0.944 bits per heavy atom. The van der Waals surface area contributed by atoms with Gasteiger partial charge in [0.1, 0.15) is 0 Å². The highest BCUT2D eigenvalue weighted by Crippen LogP contribution is 2.48. The van der Waals surface area contributed by atoms with Crippen LogP contribution in [-0.4, -0.2) is 35.9 Å². The molecule has 0 saturated heterocycles. The average Bonchev–Trinajstić information content (AvgIpc) is 3.05. The van der Waals surface area contributed by atoms with Gasteiger partial charge in [-0.05, 0) is 68.0 Å². The minimum absolute atomic E-state index is 0.0471. The number of rotatable bonds is 5. The van der Waals surface area contributed by atoms with Crippen molar-refractivity contribution in [2.45, 2.75) is 51.7 Å². The van der Waals surface area contributed by atoms with E-state index in [9.17, 15) is 9.90 Å². The van der Waals surface area contributed by atoms with E-state index in [1.165, 1.54) is 5.56 Å². The zero-order valence-electron chi connectivity index (χ0n) is 21.3. The second kappa shape index (κ2) is 10.3. The molecule has 3 aromatic carbocycles. The number of fused-ring (bicyclic) bond motifs is 2. The third-order valence-electron chi connectivity index (χ3n) is 7.78. The number of carbonyl (C=O) groups excluding carboxylic acids is 1. The van der Waals surface area contributed by atoms with E-state index >= 15 is 0 Å². The monoisotopic (exact) mass is 481 g/mol. The van der Waals surface area contributed by atoms with Gasteiger partial charge in [-0.2, -0.15) is 0 Å². The number of para-hydroxylation sites is 2. The number of aliphatic hydroxyl groups excluding tert-OH is 1. The fourth-order valence-corrected chi connectivity index (χ4v) is 6.04. The highest BCUT2D eigenvalue weighted by molar-refractivity contribution is 6.02. The van der Waals surface area contributed by atoms with Gasteiger partial charge in [-0.15, -0.1) is 0 Å². The van der Waals surface area contributed by atoms with Gasteiger partial charge in [0.05, 0.1) is 23.5 Å². The maximum absolute atomic E-state index is 13.2. The molecule has 0 spiro atoms. The van der Waals surface area contributed by atoms with Crippen LogP contribution in [0.4, 0.5) is 17.1 Å². The maximum atomic E-state index is 13.2. The third-order valence-corrected chi connectivity index (χ3v) is 7.78. The Bertz CT molecular complexity index is 1230. The quantitative estimate of drug-likeness (QED) is 0.467. The molecule has 0 bridgehead atoms. The summed E-state index contributed by atoms with van der Waals surface area (Å²) in [6.45, 7) is 7.79. The molecule has 3 aromatic rings. The van der Waals surface area contributed by atoms with E-state index in [2.05, 4.69) is 67.3 Å². The van der Waals surface area contributed by atoms with Crippen LogP contribution in [0.2, 0.25) is 0 Å². The Kier molecular flexibility index (Phi) is 6.92. The second-order valence-corrected chi connectivity index (χ2v) is 9.83. The fraction of sp³-hybridized carbons (Fsp3) is 0.355. The predicted molar refractivity (Wildman–Crippen MR) is 147 cm³/mol. The van der Waals surface area contributed by atoms with Gasteiger partial charge >= 0.3 is 0 Å². The number of anilines is 2. The Labute approximate surface area is 214 Å². The lowest BCUT2D eigenvalue weighted by atomic mass is 9.71. The van der Waals surface area contributed by atoms with Gasteiger partial charge in [-0.1, -0.05) is 54.6 Å². The summed E-state index contributed by atoms with van der Waals surface area (Å²) in [6, 6.07) is 26.4. The summed E-state index contributed by atoms with van der Waals surface area (Å²) in [5.41, 5.74) is 5.96. The largest absolute Gasteiger partial charge is 0.392 e. The molecular formula is C31H35N3O2. The van der Waals surface area contributed by atoms with Crippen LogP contribution in [0.15, 0.2) is 83.9 Å². The van der Waals surface area contributed by atoms with E-state index in [-0.39, 0.29) is 23.8 Å². The number of nitrogens with zero attached hydrogens (tertiary/aromatic N) is 3. The highest BCUT2D eigenvalue weighted by atomic mass is 16.3. The SMILES string of the molecule is CCN(CC)c1ccc(C2C3C(=Nc4ccccc4N2C(C)=O)CC(c2ccccc2)CC3O)cc1. The molecular weight excluding hydrogens is 446 g/mol. The number of carbonyl (C=O) groups is 1. The molecule has 0 radical (unpaired) electrons. The van der Waals surface area contributed by atoms with E-state index < -0.39 is 6.10 Å². The molecule has 1 heterocycles. The predicted octanol–water partition coefficient (Wildman–Crippen LogP) is 6.27. The zero-order valence-corrected chi connectivity index (χ0v) is 21.3. The number of benzene rings is 3. The summed E-state index contributed by atoms with van der Waals surface area (Å²) in [5, 5.41) is 11.7. The molecule has 1 saturated carbocycles. The summed E-state index contributed by atoms with van der Waals surface area (Å²) in [7, 11) is 0. The lowest BCUT2D eigenvalue weighted by Gasteiger charge is -2.42.